The Morgan fingerprint density at radius 2 is 1.24 bits per heavy atom. The fraction of sp³-hybridized carbons (Fsp3) is 1.00. The predicted octanol–water partition coefficient (Wildman–Crippen LogP) is -0.495. The van der Waals surface area contributed by atoms with Gasteiger partial charge >= 0.3 is 22.4 Å². The fourth-order valence-corrected chi connectivity index (χ4v) is 10.5. The lowest BCUT2D eigenvalue weighted by atomic mass is 9.74. The topological polar surface area (TPSA) is 276 Å². The van der Waals surface area contributed by atoms with E-state index in [0.29, 0.717) is 0 Å². The Kier molecular flexibility index (Phi) is 16.1. The number of phosphoric ester groups is 2. The summed E-state index contributed by atoms with van der Waals surface area (Å²) in [7, 11) is 9.74. The van der Waals surface area contributed by atoms with E-state index in [1.54, 1.807) is 27.7 Å². The molecule has 290 valence electrons. The Hall–Kier alpha value is 0.665. The molecule has 25 heteroatoms. The molecule has 18 unspecified atom stereocenters. The standard InChI is InChI=1S/C26H51B3N3O15P3S/c1-7-25(4,16-13(42-22(27)18(16)30)9-12(3)45-48(34,35)39-6)46-49(36,37)40-10-14-17(19(31)23(28)43-14)26(5,8-2)47-50(38,51)41-11-15-21(33)20(32)24(29)44-15/h12-24,33H,7-11,30-32H2,1-6H3,(H,34,35)(H,36,37)(H,38,51). The fourth-order valence-electron chi connectivity index (χ4n) is 6.84. The van der Waals surface area contributed by atoms with Gasteiger partial charge in [-0.1, -0.05) is 13.8 Å². The Balaban J connectivity index is 1.74. The van der Waals surface area contributed by atoms with Gasteiger partial charge in [0.05, 0.1) is 54.9 Å². The van der Waals surface area contributed by atoms with Crippen LogP contribution in [0.25, 0.3) is 0 Å². The van der Waals surface area contributed by atoms with Gasteiger partial charge in [0.2, 0.25) is 0 Å². The molecule has 51 heavy (non-hydrogen) atoms. The summed E-state index contributed by atoms with van der Waals surface area (Å²) in [4.78, 5) is 31.8. The normalized spacial score (nSPS) is 40.9. The first kappa shape index (κ1) is 46.0. The van der Waals surface area contributed by atoms with Gasteiger partial charge in [0.15, 0.2) is 0 Å². The molecule has 0 aromatic heterocycles. The lowest BCUT2D eigenvalue weighted by molar-refractivity contribution is -0.0724. The van der Waals surface area contributed by atoms with Crippen molar-refractivity contribution in [2.75, 3.05) is 20.3 Å². The number of nitrogens with two attached hydrogens (primary N) is 3. The molecule has 3 saturated heterocycles. The van der Waals surface area contributed by atoms with Crippen molar-refractivity contribution in [3.8, 4) is 0 Å². The number of aliphatic hydroxyl groups excluding tert-OH is 1. The van der Waals surface area contributed by atoms with Crippen molar-refractivity contribution >= 4 is 57.7 Å². The second kappa shape index (κ2) is 17.9. The Morgan fingerprint density at radius 1 is 0.784 bits per heavy atom. The van der Waals surface area contributed by atoms with E-state index >= 15 is 0 Å². The van der Waals surface area contributed by atoms with E-state index in [0.717, 1.165) is 7.11 Å². The molecule has 6 radical (unpaired) electrons. The van der Waals surface area contributed by atoms with E-state index in [2.05, 4.69) is 4.52 Å². The molecule has 3 rings (SSSR count). The lowest BCUT2D eigenvalue weighted by Crippen LogP contribution is -2.51. The van der Waals surface area contributed by atoms with Crippen molar-refractivity contribution in [3.63, 3.8) is 0 Å². The molecule has 10 N–H and O–H groups in total. The van der Waals surface area contributed by atoms with E-state index in [1.165, 1.54) is 6.92 Å². The first-order chi connectivity index (χ1) is 23.3. The Labute approximate surface area is 308 Å². The maximum absolute atomic E-state index is 13.6. The van der Waals surface area contributed by atoms with Gasteiger partial charge in [0.25, 0.3) is 0 Å². The van der Waals surface area contributed by atoms with E-state index in [4.69, 9.17) is 89.4 Å². The molecule has 0 amide bonds. The minimum absolute atomic E-state index is 0.00932. The summed E-state index contributed by atoms with van der Waals surface area (Å²) in [5.41, 5.74) is 15.8. The van der Waals surface area contributed by atoms with Crippen LogP contribution in [0.1, 0.15) is 53.9 Å². The number of rotatable bonds is 19. The molecule has 0 saturated carbocycles. The van der Waals surface area contributed by atoms with Crippen LogP contribution >= 0.6 is 22.4 Å². The third-order valence-electron chi connectivity index (χ3n) is 9.91. The molecule has 18 atom stereocenters. The molecule has 0 aromatic carbocycles. The number of aliphatic hydroxyl groups is 1. The molecule has 0 aliphatic carbocycles. The van der Waals surface area contributed by atoms with Gasteiger partial charge in [-0.15, -0.1) is 0 Å². The Morgan fingerprint density at radius 3 is 1.73 bits per heavy atom. The molecule has 0 aromatic rings. The second-order valence-electron chi connectivity index (χ2n) is 13.5. The quantitative estimate of drug-likeness (QED) is 0.0641. The molecular formula is C26H51B3N3O15P3S. The largest absolute Gasteiger partial charge is 0.472 e. The zero-order valence-corrected chi connectivity index (χ0v) is 33.0. The zero-order valence-electron chi connectivity index (χ0n) is 29.5. The molecule has 3 aliphatic heterocycles. The number of phosphoric acid groups is 2. The molecule has 0 bridgehead atoms. The summed E-state index contributed by atoms with van der Waals surface area (Å²) in [5.74, 6) is -1.67. The maximum Gasteiger partial charge on any atom is 0.472 e. The molecule has 0 spiro atoms. The van der Waals surface area contributed by atoms with E-state index in [9.17, 15) is 28.9 Å². The summed E-state index contributed by atoms with van der Waals surface area (Å²) in [6, 6.07) is -5.66. The first-order valence-corrected chi connectivity index (χ1v) is 22.0. The van der Waals surface area contributed by atoms with Gasteiger partial charge in [-0.05, 0) is 45.4 Å². The van der Waals surface area contributed by atoms with Crippen molar-refractivity contribution in [2.45, 2.75) is 132 Å². The van der Waals surface area contributed by atoms with Gasteiger partial charge in [0, 0.05) is 55.5 Å². The van der Waals surface area contributed by atoms with Crippen LogP contribution in [-0.2, 0) is 62.3 Å². The highest BCUT2D eigenvalue weighted by Gasteiger charge is 2.55. The van der Waals surface area contributed by atoms with Crippen molar-refractivity contribution < 1.29 is 70.3 Å². The van der Waals surface area contributed by atoms with E-state index in [1.807, 2.05) is 0 Å². The van der Waals surface area contributed by atoms with Crippen molar-refractivity contribution in [1.29, 1.82) is 0 Å². The summed E-state index contributed by atoms with van der Waals surface area (Å²) in [6.45, 7) is 3.10. The van der Waals surface area contributed by atoms with E-state index in [-0.39, 0.29) is 25.9 Å². The number of hydrogen-bond acceptors (Lipinski definition) is 16. The van der Waals surface area contributed by atoms with Crippen LogP contribution in [0, 0.1) is 11.8 Å². The third kappa shape index (κ3) is 11.4. The average molecular weight is 803 g/mol. The molecule has 18 nitrogen and oxygen atoms in total. The first-order valence-electron chi connectivity index (χ1n) is 16.5. The molecule has 3 fully saturated rings. The van der Waals surface area contributed by atoms with Crippen LogP contribution in [0.4, 0.5) is 0 Å². The molecule has 3 aliphatic rings. The van der Waals surface area contributed by atoms with Crippen LogP contribution < -0.4 is 17.2 Å². The SMILES string of the molecule is [B]C1OC(COP(O)(=S)OC(C)(CC)C2C(COP(=O)(O)OC(C)(CC)C3C(CC(C)OP(=O)(O)OC)OC([B])C3N)OC([B])C2N)C(O)C1N. The third-order valence-corrected chi connectivity index (χ3v) is 13.8. The maximum atomic E-state index is 13.6. The predicted molar refractivity (Wildman–Crippen MR) is 190 cm³/mol. The second-order valence-corrected chi connectivity index (χ2v) is 19.2. The van der Waals surface area contributed by atoms with Gasteiger partial charge in [-0.25, -0.2) is 9.13 Å². The summed E-state index contributed by atoms with van der Waals surface area (Å²) in [5, 5.41) is 10.3. The van der Waals surface area contributed by atoms with Crippen LogP contribution in [0.15, 0.2) is 0 Å². The summed E-state index contributed by atoms with van der Waals surface area (Å²) >= 11 is 5.27. The van der Waals surface area contributed by atoms with Crippen LogP contribution in [0.5, 0.6) is 0 Å². The van der Waals surface area contributed by atoms with Gasteiger partial charge < -0.3 is 60.2 Å². The lowest BCUT2D eigenvalue weighted by Gasteiger charge is -2.41. The number of hydrogen-bond donors (Lipinski definition) is 7. The van der Waals surface area contributed by atoms with Crippen molar-refractivity contribution in [1.82, 2.24) is 0 Å². The minimum Gasteiger partial charge on any atom is -0.389 e. The highest BCUT2D eigenvalue weighted by Crippen LogP contribution is 2.56. The van der Waals surface area contributed by atoms with Gasteiger partial charge in [-0.2, -0.15) is 0 Å². The number of ether oxygens (including phenoxy) is 3. The zero-order chi connectivity index (χ0) is 38.9. The highest BCUT2D eigenvalue weighted by atomic mass is 32.5. The average Bonchev–Trinajstić information content (AvgIpc) is 3.58. The molecule has 3 heterocycles. The molecular weight excluding hydrogens is 752 g/mol. The smallest absolute Gasteiger partial charge is 0.389 e. The minimum atomic E-state index is -4.92. The Bertz CT molecular complexity index is 1320. The highest BCUT2D eigenvalue weighted by molar-refractivity contribution is 8.07. The van der Waals surface area contributed by atoms with E-state index < -0.39 is 119 Å². The van der Waals surface area contributed by atoms with Crippen LogP contribution in [-0.4, -0.2) is 142 Å². The van der Waals surface area contributed by atoms with Crippen molar-refractivity contribution in [2.24, 2.45) is 29.0 Å². The summed E-state index contributed by atoms with van der Waals surface area (Å²) in [6.07, 6.45) is -4.56. The van der Waals surface area contributed by atoms with Gasteiger partial charge in [-0.3, -0.25) is 18.1 Å². The van der Waals surface area contributed by atoms with Crippen LogP contribution in [0.3, 0.4) is 0 Å². The van der Waals surface area contributed by atoms with Crippen molar-refractivity contribution in [3.05, 3.63) is 0 Å². The monoisotopic (exact) mass is 803 g/mol. The van der Waals surface area contributed by atoms with Crippen LogP contribution in [0.2, 0.25) is 0 Å². The summed E-state index contributed by atoms with van der Waals surface area (Å²) < 4.78 is 74.9. The van der Waals surface area contributed by atoms with Gasteiger partial charge in [0.1, 0.15) is 29.6 Å².